The highest BCUT2D eigenvalue weighted by Gasteiger charge is 2.26. The van der Waals surface area contributed by atoms with Crippen molar-refractivity contribution in [2.75, 3.05) is 18.0 Å². The number of aromatic amines is 1. The van der Waals surface area contributed by atoms with Crippen molar-refractivity contribution in [3.05, 3.63) is 39.9 Å². The van der Waals surface area contributed by atoms with Crippen LogP contribution < -0.4 is 15.8 Å². The molecule has 2 N–H and O–H groups in total. The molecule has 8 heteroatoms. The van der Waals surface area contributed by atoms with Gasteiger partial charge in [0.1, 0.15) is 17.2 Å². The fraction of sp³-hybridized carbons (Fsp3) is 0.500. The van der Waals surface area contributed by atoms with Gasteiger partial charge in [0.2, 0.25) is 0 Å². The molecule has 1 aliphatic heterocycles. The summed E-state index contributed by atoms with van der Waals surface area (Å²) in [5, 5.41) is 2.91. The van der Waals surface area contributed by atoms with Gasteiger partial charge in [0.15, 0.2) is 0 Å². The number of nitrogens with one attached hydrogen (secondary N) is 2. The molecule has 150 valence electrons. The van der Waals surface area contributed by atoms with Gasteiger partial charge in [-0.05, 0) is 53.2 Å². The summed E-state index contributed by atoms with van der Waals surface area (Å²) in [4.78, 5) is 37.7. The van der Waals surface area contributed by atoms with Crippen molar-refractivity contribution in [2.45, 2.75) is 52.7 Å². The smallest absolute Gasteiger partial charge is 0.407 e. The molecule has 3 heterocycles. The molecule has 8 nitrogen and oxygen atoms in total. The normalized spacial score (nSPS) is 16.9. The van der Waals surface area contributed by atoms with Crippen LogP contribution in [0.1, 0.15) is 38.4 Å². The molecule has 0 aliphatic carbocycles. The van der Waals surface area contributed by atoms with Gasteiger partial charge in [-0.15, -0.1) is 0 Å². The maximum Gasteiger partial charge on any atom is 0.407 e. The summed E-state index contributed by atoms with van der Waals surface area (Å²) in [7, 11) is 0. The minimum atomic E-state index is -0.511. The minimum Gasteiger partial charge on any atom is -0.444 e. The third kappa shape index (κ3) is 4.68. The monoisotopic (exact) mass is 385 g/mol. The summed E-state index contributed by atoms with van der Waals surface area (Å²) in [5.74, 6) is 1.33. The van der Waals surface area contributed by atoms with Gasteiger partial charge >= 0.3 is 6.09 Å². The first-order chi connectivity index (χ1) is 13.1. The molecule has 0 bridgehead atoms. The number of nitrogens with zero attached hydrogens (tertiary/aromatic N) is 3. The van der Waals surface area contributed by atoms with Crippen molar-refractivity contribution in [3.63, 3.8) is 0 Å². The number of hydrogen-bond acceptors (Lipinski definition) is 6. The number of H-pyrrole nitrogens is 1. The number of pyridine rings is 1. The van der Waals surface area contributed by atoms with E-state index in [0.717, 1.165) is 24.3 Å². The van der Waals surface area contributed by atoms with E-state index in [4.69, 9.17) is 4.74 Å². The second-order valence-electron chi connectivity index (χ2n) is 8.11. The van der Waals surface area contributed by atoms with Crippen molar-refractivity contribution >= 4 is 11.9 Å². The first-order valence-electron chi connectivity index (χ1n) is 9.41. The van der Waals surface area contributed by atoms with Crippen molar-refractivity contribution < 1.29 is 9.53 Å². The number of aromatic nitrogens is 3. The van der Waals surface area contributed by atoms with E-state index in [1.54, 1.807) is 13.1 Å². The summed E-state index contributed by atoms with van der Waals surface area (Å²) in [6.45, 7) is 10.6. The Hall–Kier alpha value is -2.90. The van der Waals surface area contributed by atoms with Gasteiger partial charge in [0.05, 0.1) is 6.04 Å². The molecule has 0 spiro atoms. The molecule has 3 rings (SSSR count). The van der Waals surface area contributed by atoms with Crippen LogP contribution in [-0.2, 0) is 4.74 Å². The molecule has 28 heavy (non-hydrogen) atoms. The number of carbonyl (C=O) groups excluding carboxylic acids is 1. The van der Waals surface area contributed by atoms with Gasteiger partial charge in [-0.1, -0.05) is 0 Å². The van der Waals surface area contributed by atoms with Gasteiger partial charge < -0.3 is 19.9 Å². The van der Waals surface area contributed by atoms with Gasteiger partial charge in [0, 0.05) is 36.1 Å². The summed E-state index contributed by atoms with van der Waals surface area (Å²) in [6, 6.07) is 3.82. The average molecular weight is 385 g/mol. The standard InChI is InChI=1S/C20H27N5O3/c1-12-13(2)22-17(24-18(12)26)14-6-7-16(21-10-14)25-9-8-15(11-25)23-19(27)28-20(3,4)5/h6-7,10,15H,8-9,11H2,1-5H3,(H,23,27)(H,22,24,26)/t15-/m1/s1. The van der Waals surface area contributed by atoms with E-state index in [2.05, 4.69) is 25.2 Å². The maximum absolute atomic E-state index is 12.0. The zero-order valence-electron chi connectivity index (χ0n) is 17.0. The van der Waals surface area contributed by atoms with E-state index in [9.17, 15) is 9.59 Å². The molecule has 2 aromatic rings. The molecule has 0 saturated carbocycles. The van der Waals surface area contributed by atoms with E-state index < -0.39 is 11.7 Å². The molecule has 0 unspecified atom stereocenters. The van der Waals surface area contributed by atoms with E-state index >= 15 is 0 Å². The Morgan fingerprint density at radius 2 is 2.07 bits per heavy atom. The highest BCUT2D eigenvalue weighted by molar-refractivity contribution is 5.68. The third-order valence-electron chi connectivity index (χ3n) is 4.65. The Labute approximate surface area is 164 Å². The molecule has 1 aliphatic rings. The van der Waals surface area contributed by atoms with Gasteiger partial charge in [-0.2, -0.15) is 0 Å². The minimum absolute atomic E-state index is 0.0223. The van der Waals surface area contributed by atoms with Crippen molar-refractivity contribution in [2.24, 2.45) is 0 Å². The van der Waals surface area contributed by atoms with E-state index in [-0.39, 0.29) is 11.6 Å². The number of carbonyl (C=O) groups is 1. The van der Waals surface area contributed by atoms with Gasteiger partial charge in [-0.3, -0.25) is 4.79 Å². The Kier molecular flexibility index (Phi) is 5.40. The van der Waals surface area contributed by atoms with E-state index in [1.165, 1.54) is 0 Å². The summed E-state index contributed by atoms with van der Waals surface area (Å²) in [5.41, 5.74) is 1.43. The Morgan fingerprint density at radius 1 is 1.32 bits per heavy atom. The first-order valence-corrected chi connectivity index (χ1v) is 9.41. The summed E-state index contributed by atoms with van der Waals surface area (Å²) < 4.78 is 5.31. The van der Waals surface area contributed by atoms with E-state index in [0.29, 0.717) is 23.6 Å². The SMILES string of the molecule is Cc1nc(-c2ccc(N3CC[C@@H](NC(=O)OC(C)(C)C)C3)nc2)[nH]c(=O)c1C. The molecular weight excluding hydrogens is 358 g/mol. The van der Waals surface area contributed by atoms with Crippen LogP contribution in [0.4, 0.5) is 10.6 Å². The largest absolute Gasteiger partial charge is 0.444 e. The second kappa shape index (κ2) is 7.61. The number of ether oxygens (including phenoxy) is 1. The van der Waals surface area contributed by atoms with Gasteiger partial charge in [0.25, 0.3) is 5.56 Å². The van der Waals surface area contributed by atoms with Crippen molar-refractivity contribution in [1.82, 2.24) is 20.3 Å². The lowest BCUT2D eigenvalue weighted by Crippen LogP contribution is -2.40. The molecular formula is C20H27N5O3. The Bertz CT molecular complexity index is 915. The van der Waals surface area contributed by atoms with Crippen LogP contribution in [0.2, 0.25) is 0 Å². The predicted molar refractivity (Wildman–Crippen MR) is 108 cm³/mol. The van der Waals surface area contributed by atoms with Crippen LogP contribution in [0, 0.1) is 13.8 Å². The van der Waals surface area contributed by atoms with Crippen LogP contribution in [-0.4, -0.2) is 45.8 Å². The van der Waals surface area contributed by atoms with Crippen LogP contribution in [0.15, 0.2) is 23.1 Å². The van der Waals surface area contributed by atoms with Gasteiger partial charge in [-0.25, -0.2) is 14.8 Å². The molecule has 1 amide bonds. The summed E-state index contributed by atoms with van der Waals surface area (Å²) >= 11 is 0. The predicted octanol–water partition coefficient (Wildman–Crippen LogP) is 2.55. The summed E-state index contributed by atoms with van der Waals surface area (Å²) in [6.07, 6.45) is 2.14. The van der Waals surface area contributed by atoms with Crippen molar-refractivity contribution in [3.8, 4) is 11.4 Å². The lowest BCUT2D eigenvalue weighted by Gasteiger charge is -2.22. The molecule has 0 radical (unpaired) electrons. The quantitative estimate of drug-likeness (QED) is 0.842. The molecule has 2 aromatic heterocycles. The number of amides is 1. The van der Waals surface area contributed by atoms with Crippen molar-refractivity contribution in [1.29, 1.82) is 0 Å². The van der Waals surface area contributed by atoms with Crippen LogP contribution in [0.5, 0.6) is 0 Å². The highest BCUT2D eigenvalue weighted by atomic mass is 16.6. The molecule has 0 aromatic carbocycles. The van der Waals surface area contributed by atoms with Crippen LogP contribution >= 0.6 is 0 Å². The highest BCUT2D eigenvalue weighted by Crippen LogP contribution is 2.21. The molecule has 1 fully saturated rings. The van der Waals surface area contributed by atoms with Crippen LogP contribution in [0.3, 0.4) is 0 Å². The average Bonchev–Trinajstić information content (AvgIpc) is 3.06. The topological polar surface area (TPSA) is 100 Å². The lowest BCUT2D eigenvalue weighted by atomic mass is 10.2. The number of anilines is 1. The zero-order valence-corrected chi connectivity index (χ0v) is 17.0. The second-order valence-corrected chi connectivity index (χ2v) is 8.11. The first kappa shape index (κ1) is 19.9. The zero-order chi connectivity index (χ0) is 20.5. The fourth-order valence-electron chi connectivity index (χ4n) is 3.06. The Morgan fingerprint density at radius 3 is 2.68 bits per heavy atom. The number of rotatable bonds is 3. The Balaban J connectivity index is 1.65. The maximum atomic E-state index is 12.0. The number of aryl methyl sites for hydroxylation is 1. The molecule has 1 atom stereocenters. The van der Waals surface area contributed by atoms with Crippen LogP contribution in [0.25, 0.3) is 11.4 Å². The third-order valence-corrected chi connectivity index (χ3v) is 4.65. The number of alkyl carbamates (subject to hydrolysis) is 1. The van der Waals surface area contributed by atoms with E-state index in [1.807, 2.05) is 39.8 Å². The fourth-order valence-corrected chi connectivity index (χ4v) is 3.06. The lowest BCUT2D eigenvalue weighted by molar-refractivity contribution is 0.0509. The number of hydrogen-bond donors (Lipinski definition) is 2. The molecule has 1 saturated heterocycles.